The van der Waals surface area contributed by atoms with E-state index in [0.717, 1.165) is 27.4 Å². The summed E-state index contributed by atoms with van der Waals surface area (Å²) in [7, 11) is 0. The number of anilines is 1. The molecule has 0 spiro atoms. The summed E-state index contributed by atoms with van der Waals surface area (Å²) in [5.41, 5.74) is 2.39. The largest absolute Gasteiger partial charge is 0.325 e. The Balaban J connectivity index is 1.50. The van der Waals surface area contributed by atoms with Gasteiger partial charge in [-0.3, -0.25) is 9.78 Å². The zero-order valence-electron chi connectivity index (χ0n) is 12.7. The fraction of sp³-hybridized carbons (Fsp3) is 0.0556. The van der Waals surface area contributed by atoms with Gasteiger partial charge in [-0.05, 0) is 36.4 Å². The lowest BCUT2D eigenvalue weighted by atomic mass is 10.2. The van der Waals surface area contributed by atoms with E-state index >= 15 is 0 Å². The Hall–Kier alpha value is -2.99. The smallest absolute Gasteiger partial charge is 0.230 e. The number of hydrogen-bond acceptors (Lipinski definition) is 4. The van der Waals surface area contributed by atoms with E-state index in [-0.39, 0.29) is 12.3 Å². The molecule has 1 amide bonds. The number of aromatic nitrogens is 3. The Morgan fingerprint density at radius 3 is 2.88 bits per heavy atom. The molecule has 1 aromatic carbocycles. The number of nitrogens with one attached hydrogen (secondary N) is 1. The first-order valence-corrected chi connectivity index (χ1v) is 8.39. The maximum Gasteiger partial charge on any atom is 0.230 e. The number of amides is 1. The highest BCUT2D eigenvalue weighted by Gasteiger charge is 2.10. The molecule has 6 heteroatoms. The molecule has 0 fully saturated rings. The summed E-state index contributed by atoms with van der Waals surface area (Å²) in [5, 5.41) is 6.66. The minimum atomic E-state index is -0.0873. The summed E-state index contributed by atoms with van der Waals surface area (Å²) >= 11 is 1.52. The number of carbonyl (C=O) groups excluding carboxylic acids is 1. The molecule has 1 N–H and O–H groups in total. The number of hydrogen-bond donors (Lipinski definition) is 1. The van der Waals surface area contributed by atoms with Crippen LogP contribution in [0.2, 0.25) is 0 Å². The van der Waals surface area contributed by atoms with Crippen molar-refractivity contribution in [2.24, 2.45) is 0 Å². The molecular formula is C18H14N4OS. The van der Waals surface area contributed by atoms with E-state index < -0.39 is 0 Å². The third-order valence-corrected chi connectivity index (χ3v) is 4.53. The second-order valence-electron chi connectivity index (χ2n) is 5.31. The van der Waals surface area contributed by atoms with Gasteiger partial charge in [0.05, 0.1) is 23.3 Å². The van der Waals surface area contributed by atoms with E-state index in [9.17, 15) is 4.79 Å². The van der Waals surface area contributed by atoms with Crippen LogP contribution >= 0.6 is 11.3 Å². The van der Waals surface area contributed by atoms with E-state index in [0.29, 0.717) is 0 Å². The summed E-state index contributed by atoms with van der Waals surface area (Å²) in [6, 6.07) is 13.4. The van der Waals surface area contributed by atoms with Crippen molar-refractivity contribution >= 4 is 33.8 Å². The van der Waals surface area contributed by atoms with Crippen LogP contribution in [0.3, 0.4) is 0 Å². The van der Waals surface area contributed by atoms with Crippen LogP contribution in [0.15, 0.2) is 66.4 Å². The highest BCUT2D eigenvalue weighted by molar-refractivity contribution is 7.12. The van der Waals surface area contributed by atoms with Gasteiger partial charge in [0.2, 0.25) is 5.91 Å². The van der Waals surface area contributed by atoms with E-state index in [1.807, 2.05) is 64.8 Å². The van der Waals surface area contributed by atoms with Gasteiger partial charge < -0.3 is 9.88 Å². The SMILES string of the molecule is O=C(Cc1csc(-n2cccc2)n1)Nc1cccc2ncccc12. The summed E-state index contributed by atoms with van der Waals surface area (Å²) in [6.45, 7) is 0. The number of benzene rings is 1. The minimum Gasteiger partial charge on any atom is -0.325 e. The predicted octanol–water partition coefficient (Wildman–Crippen LogP) is 3.66. The van der Waals surface area contributed by atoms with Crippen LogP contribution in [0.25, 0.3) is 16.0 Å². The fourth-order valence-electron chi connectivity index (χ4n) is 2.53. The third-order valence-electron chi connectivity index (χ3n) is 3.63. The summed E-state index contributed by atoms with van der Waals surface area (Å²) in [6.07, 6.45) is 5.86. The molecule has 3 heterocycles. The van der Waals surface area contributed by atoms with Crippen molar-refractivity contribution in [2.75, 3.05) is 5.32 Å². The molecule has 0 aliphatic rings. The van der Waals surface area contributed by atoms with Gasteiger partial charge in [-0.2, -0.15) is 0 Å². The molecule has 118 valence electrons. The zero-order valence-corrected chi connectivity index (χ0v) is 13.5. The topological polar surface area (TPSA) is 59.8 Å². The predicted molar refractivity (Wildman–Crippen MR) is 95.5 cm³/mol. The third kappa shape index (κ3) is 2.91. The van der Waals surface area contributed by atoms with Crippen LogP contribution in [-0.4, -0.2) is 20.4 Å². The molecule has 0 saturated heterocycles. The van der Waals surface area contributed by atoms with Crippen molar-refractivity contribution in [3.05, 3.63) is 72.1 Å². The molecule has 3 aromatic heterocycles. The lowest BCUT2D eigenvalue weighted by Crippen LogP contribution is -2.15. The number of fused-ring (bicyclic) bond motifs is 1. The average molecular weight is 334 g/mol. The molecule has 0 unspecified atom stereocenters. The highest BCUT2D eigenvalue weighted by atomic mass is 32.1. The van der Waals surface area contributed by atoms with E-state index in [1.165, 1.54) is 11.3 Å². The maximum atomic E-state index is 12.3. The van der Waals surface area contributed by atoms with E-state index in [2.05, 4.69) is 15.3 Å². The molecule has 0 aliphatic heterocycles. The Morgan fingerprint density at radius 1 is 1.12 bits per heavy atom. The van der Waals surface area contributed by atoms with Crippen molar-refractivity contribution in [2.45, 2.75) is 6.42 Å². The fourth-order valence-corrected chi connectivity index (χ4v) is 3.32. The van der Waals surface area contributed by atoms with Gasteiger partial charge in [-0.15, -0.1) is 11.3 Å². The lowest BCUT2D eigenvalue weighted by Gasteiger charge is -2.07. The highest BCUT2D eigenvalue weighted by Crippen LogP contribution is 2.22. The second kappa shape index (κ2) is 6.25. The molecule has 5 nitrogen and oxygen atoms in total. The van der Waals surface area contributed by atoms with Gasteiger partial charge in [-0.25, -0.2) is 4.98 Å². The maximum absolute atomic E-state index is 12.3. The first-order chi connectivity index (χ1) is 11.8. The van der Waals surface area contributed by atoms with Crippen molar-refractivity contribution < 1.29 is 4.79 Å². The van der Waals surface area contributed by atoms with Gasteiger partial charge in [-0.1, -0.05) is 6.07 Å². The van der Waals surface area contributed by atoms with Gasteiger partial charge in [0, 0.05) is 29.4 Å². The monoisotopic (exact) mass is 334 g/mol. The summed E-state index contributed by atoms with van der Waals surface area (Å²) in [5.74, 6) is -0.0873. The van der Waals surface area contributed by atoms with E-state index in [4.69, 9.17) is 0 Å². The molecule has 0 bridgehead atoms. The lowest BCUT2D eigenvalue weighted by molar-refractivity contribution is -0.115. The number of rotatable bonds is 4. The molecule has 0 radical (unpaired) electrons. The van der Waals surface area contributed by atoms with Crippen LogP contribution in [0.5, 0.6) is 0 Å². The van der Waals surface area contributed by atoms with Crippen LogP contribution < -0.4 is 5.32 Å². The van der Waals surface area contributed by atoms with Crippen molar-refractivity contribution in [3.8, 4) is 5.13 Å². The zero-order chi connectivity index (χ0) is 16.4. The van der Waals surface area contributed by atoms with Gasteiger partial charge in [0.15, 0.2) is 5.13 Å². The molecule has 0 saturated carbocycles. The second-order valence-corrected chi connectivity index (χ2v) is 6.15. The number of pyridine rings is 1. The van der Waals surface area contributed by atoms with Crippen LogP contribution in [0.1, 0.15) is 5.69 Å². The first kappa shape index (κ1) is 14.6. The Labute approximate surface area is 142 Å². The first-order valence-electron chi connectivity index (χ1n) is 7.51. The van der Waals surface area contributed by atoms with Gasteiger partial charge in [0.1, 0.15) is 0 Å². The molecule has 0 atom stereocenters. The van der Waals surface area contributed by atoms with E-state index in [1.54, 1.807) is 6.20 Å². The summed E-state index contributed by atoms with van der Waals surface area (Å²) < 4.78 is 1.93. The van der Waals surface area contributed by atoms with Crippen molar-refractivity contribution in [3.63, 3.8) is 0 Å². The van der Waals surface area contributed by atoms with Gasteiger partial charge >= 0.3 is 0 Å². The standard InChI is InChI=1S/C18H14N4OS/c23-17(11-13-12-24-18(20-13)22-9-1-2-10-22)21-16-7-3-6-15-14(16)5-4-8-19-15/h1-10,12H,11H2,(H,21,23). The average Bonchev–Trinajstić information content (AvgIpc) is 3.26. The van der Waals surface area contributed by atoms with Crippen molar-refractivity contribution in [1.82, 2.24) is 14.5 Å². The Morgan fingerprint density at radius 2 is 2.00 bits per heavy atom. The molecular weight excluding hydrogens is 320 g/mol. The van der Waals surface area contributed by atoms with Crippen LogP contribution in [0, 0.1) is 0 Å². The van der Waals surface area contributed by atoms with Crippen LogP contribution in [-0.2, 0) is 11.2 Å². The van der Waals surface area contributed by atoms with Crippen molar-refractivity contribution in [1.29, 1.82) is 0 Å². The number of nitrogens with zero attached hydrogens (tertiary/aromatic N) is 3. The number of carbonyl (C=O) groups is 1. The Bertz CT molecular complexity index is 986. The molecule has 24 heavy (non-hydrogen) atoms. The minimum absolute atomic E-state index is 0.0873. The number of thiazole rings is 1. The van der Waals surface area contributed by atoms with Gasteiger partial charge in [0.25, 0.3) is 0 Å². The van der Waals surface area contributed by atoms with Crippen LogP contribution in [0.4, 0.5) is 5.69 Å². The molecule has 4 rings (SSSR count). The quantitative estimate of drug-likeness (QED) is 0.619. The normalized spacial score (nSPS) is 10.8. The molecule has 0 aliphatic carbocycles. The Kier molecular flexibility index (Phi) is 3.80. The summed E-state index contributed by atoms with van der Waals surface area (Å²) in [4.78, 5) is 21.2. The molecule has 4 aromatic rings.